The molecular formula is C7H6N6O4S2. The zero-order valence-electron chi connectivity index (χ0n) is 9.05. The number of anilines is 2. The molecule has 0 aliphatic rings. The minimum absolute atomic E-state index is 0.197. The molecule has 0 radical (unpaired) electrons. The smallest absolute Gasteiger partial charge is 0.304 e. The van der Waals surface area contributed by atoms with Gasteiger partial charge in [-0.05, 0) is 0 Å². The zero-order chi connectivity index (χ0) is 14.0. The van der Waals surface area contributed by atoms with E-state index in [1.165, 1.54) is 12.4 Å². The highest BCUT2D eigenvalue weighted by molar-refractivity contribution is 7.94. The van der Waals surface area contributed by atoms with Crippen LogP contribution in [0.2, 0.25) is 0 Å². The van der Waals surface area contributed by atoms with Gasteiger partial charge in [-0.15, -0.1) is 5.10 Å². The Morgan fingerprint density at radius 2 is 2.16 bits per heavy atom. The molecule has 0 spiro atoms. The Labute approximate surface area is 110 Å². The molecule has 0 saturated heterocycles. The molecular weight excluding hydrogens is 296 g/mol. The van der Waals surface area contributed by atoms with Gasteiger partial charge < -0.3 is 5.73 Å². The number of hydrogen-bond donors (Lipinski definition) is 2. The monoisotopic (exact) mass is 302 g/mol. The van der Waals surface area contributed by atoms with Crippen LogP contribution < -0.4 is 10.5 Å². The number of nitro groups is 1. The Balaban J connectivity index is 2.35. The van der Waals surface area contributed by atoms with Gasteiger partial charge in [0.2, 0.25) is 0 Å². The van der Waals surface area contributed by atoms with Crippen LogP contribution in [-0.2, 0) is 10.0 Å². The van der Waals surface area contributed by atoms with Gasteiger partial charge in [0.25, 0.3) is 16.0 Å². The molecule has 3 N–H and O–H groups in total. The van der Waals surface area contributed by atoms with Gasteiger partial charge >= 0.3 is 5.69 Å². The first-order valence-corrected chi connectivity index (χ1v) is 6.90. The summed E-state index contributed by atoms with van der Waals surface area (Å²) in [6.45, 7) is 0. The van der Waals surface area contributed by atoms with Gasteiger partial charge in [-0.2, -0.15) is 5.10 Å². The number of nitrogens with one attached hydrogen (secondary N) is 1. The average molecular weight is 302 g/mol. The fourth-order valence-corrected chi connectivity index (χ4v) is 3.27. The number of nitrogens with two attached hydrogens (primary N) is 1. The van der Waals surface area contributed by atoms with Crippen molar-refractivity contribution in [2.24, 2.45) is 0 Å². The van der Waals surface area contributed by atoms with E-state index >= 15 is 0 Å². The molecule has 0 amide bonds. The summed E-state index contributed by atoms with van der Waals surface area (Å²) in [6, 6.07) is 0.874. The molecule has 0 saturated carbocycles. The third-order valence-corrected chi connectivity index (χ3v) is 4.64. The van der Waals surface area contributed by atoms with E-state index in [1.807, 2.05) is 4.72 Å². The third kappa shape index (κ3) is 2.74. The number of hydrogen-bond acceptors (Lipinski definition) is 9. The molecule has 10 nitrogen and oxygen atoms in total. The zero-order valence-corrected chi connectivity index (χ0v) is 10.7. The van der Waals surface area contributed by atoms with Gasteiger partial charge in [0.05, 0.1) is 17.3 Å². The molecule has 2 aromatic heterocycles. The molecule has 0 bridgehead atoms. The maximum Gasteiger partial charge on any atom is 0.304 e. The van der Waals surface area contributed by atoms with Gasteiger partial charge in [-0.25, -0.2) is 18.1 Å². The average Bonchev–Trinajstić information content (AvgIpc) is 2.73. The van der Waals surface area contributed by atoms with Crippen molar-refractivity contribution in [3.8, 4) is 0 Å². The lowest BCUT2D eigenvalue weighted by atomic mass is 10.5. The van der Waals surface area contributed by atoms with Crippen molar-refractivity contribution in [3.05, 3.63) is 28.6 Å². The van der Waals surface area contributed by atoms with Crippen LogP contribution >= 0.6 is 11.3 Å². The molecule has 2 aromatic rings. The van der Waals surface area contributed by atoms with E-state index < -0.39 is 20.6 Å². The van der Waals surface area contributed by atoms with Gasteiger partial charge in [0.15, 0.2) is 5.00 Å². The van der Waals surface area contributed by atoms with E-state index in [-0.39, 0.29) is 15.2 Å². The topological polar surface area (TPSA) is 154 Å². The Kier molecular flexibility index (Phi) is 3.26. The molecule has 0 atom stereocenters. The van der Waals surface area contributed by atoms with E-state index in [9.17, 15) is 18.5 Å². The van der Waals surface area contributed by atoms with Gasteiger partial charge in [-0.1, -0.05) is 11.3 Å². The molecule has 100 valence electrons. The number of rotatable bonds is 4. The highest BCUT2D eigenvalue weighted by Crippen LogP contribution is 2.34. The lowest BCUT2D eigenvalue weighted by molar-refractivity contribution is -0.383. The summed E-state index contributed by atoms with van der Waals surface area (Å²) in [7, 11) is -4.03. The maximum atomic E-state index is 11.9. The number of thiophene rings is 1. The number of nitrogens with zero attached hydrogens (tertiary/aromatic N) is 4. The fraction of sp³-hybridized carbons (Fsp3) is 0. The summed E-state index contributed by atoms with van der Waals surface area (Å²) in [5.74, 6) is -0.239. The summed E-state index contributed by atoms with van der Waals surface area (Å²) in [5.41, 5.74) is 4.91. The standard InChI is InChI=1S/C7H6N6O4S2/c8-6-4(13(14)15)3-5(18-6)19(16,17)12-7-9-1-2-10-11-7/h1-3H,8H2,(H,9,11,12). The van der Waals surface area contributed by atoms with Crippen LogP contribution in [0.1, 0.15) is 0 Å². The van der Waals surface area contributed by atoms with Crippen molar-refractivity contribution in [3.63, 3.8) is 0 Å². The first-order chi connectivity index (χ1) is 8.90. The lowest BCUT2D eigenvalue weighted by Crippen LogP contribution is -2.14. The summed E-state index contributed by atoms with van der Waals surface area (Å²) in [4.78, 5) is 13.5. The predicted molar refractivity (Wildman–Crippen MR) is 66.0 cm³/mol. The Morgan fingerprint density at radius 3 is 2.68 bits per heavy atom. The first-order valence-electron chi connectivity index (χ1n) is 4.60. The van der Waals surface area contributed by atoms with Crippen molar-refractivity contribution < 1.29 is 13.3 Å². The van der Waals surface area contributed by atoms with E-state index in [0.29, 0.717) is 11.3 Å². The third-order valence-electron chi connectivity index (χ3n) is 1.89. The van der Waals surface area contributed by atoms with Gasteiger partial charge in [-0.3, -0.25) is 10.1 Å². The second-order valence-electron chi connectivity index (χ2n) is 3.14. The van der Waals surface area contributed by atoms with E-state index in [2.05, 4.69) is 15.2 Å². The number of sulfonamides is 1. The lowest BCUT2D eigenvalue weighted by Gasteiger charge is -2.01. The Hall–Kier alpha value is -2.34. The highest BCUT2D eigenvalue weighted by atomic mass is 32.2. The molecule has 0 aliphatic heterocycles. The second-order valence-corrected chi connectivity index (χ2v) is 6.14. The summed E-state index contributed by atoms with van der Waals surface area (Å²) < 4.78 is 25.5. The predicted octanol–water partition coefficient (Wildman–Crippen LogP) is 0.224. The summed E-state index contributed by atoms with van der Waals surface area (Å²) >= 11 is 0.579. The van der Waals surface area contributed by atoms with Crippen molar-refractivity contribution in [2.45, 2.75) is 4.21 Å². The summed E-state index contributed by atoms with van der Waals surface area (Å²) in [5, 5.41) is 17.3. The summed E-state index contributed by atoms with van der Waals surface area (Å²) in [6.07, 6.45) is 2.52. The molecule has 12 heteroatoms. The van der Waals surface area contributed by atoms with Crippen molar-refractivity contribution in [1.29, 1.82) is 0 Å². The number of aromatic nitrogens is 3. The molecule has 2 rings (SSSR count). The molecule has 0 aliphatic carbocycles. The van der Waals surface area contributed by atoms with Gasteiger partial charge in [0.1, 0.15) is 4.21 Å². The SMILES string of the molecule is Nc1sc(S(=O)(=O)Nc2nccnn2)cc1[N+](=O)[O-]. The van der Waals surface area contributed by atoms with Crippen LogP contribution in [-0.4, -0.2) is 28.5 Å². The van der Waals surface area contributed by atoms with E-state index in [0.717, 1.165) is 6.07 Å². The minimum Gasteiger partial charge on any atom is -0.385 e. The first kappa shape index (κ1) is 13.1. The minimum atomic E-state index is -4.03. The molecule has 0 fully saturated rings. The van der Waals surface area contributed by atoms with Crippen LogP contribution in [0.15, 0.2) is 22.7 Å². The fourth-order valence-electron chi connectivity index (χ4n) is 1.11. The van der Waals surface area contributed by atoms with Crippen LogP contribution in [0.3, 0.4) is 0 Å². The Morgan fingerprint density at radius 1 is 1.42 bits per heavy atom. The number of nitrogen functional groups attached to an aromatic ring is 1. The van der Waals surface area contributed by atoms with Crippen molar-refractivity contribution in [1.82, 2.24) is 15.2 Å². The van der Waals surface area contributed by atoms with Crippen molar-refractivity contribution >= 4 is 38.0 Å². The normalized spacial score (nSPS) is 11.2. The maximum absolute atomic E-state index is 11.9. The van der Waals surface area contributed by atoms with Crippen molar-refractivity contribution in [2.75, 3.05) is 10.5 Å². The highest BCUT2D eigenvalue weighted by Gasteiger charge is 2.25. The molecule has 0 aromatic carbocycles. The van der Waals surface area contributed by atoms with Crippen LogP contribution in [0.4, 0.5) is 16.6 Å². The van der Waals surface area contributed by atoms with Crippen LogP contribution in [0, 0.1) is 10.1 Å². The molecule has 19 heavy (non-hydrogen) atoms. The quantitative estimate of drug-likeness (QED) is 0.600. The van der Waals surface area contributed by atoms with Crippen LogP contribution in [0.5, 0.6) is 0 Å². The molecule has 0 unspecified atom stereocenters. The largest absolute Gasteiger partial charge is 0.385 e. The van der Waals surface area contributed by atoms with Crippen LogP contribution in [0.25, 0.3) is 0 Å². The molecule has 2 heterocycles. The van der Waals surface area contributed by atoms with E-state index in [1.54, 1.807) is 0 Å². The second kappa shape index (κ2) is 4.74. The Bertz CT molecular complexity index is 712. The van der Waals surface area contributed by atoms with E-state index in [4.69, 9.17) is 5.73 Å². The van der Waals surface area contributed by atoms with Gasteiger partial charge in [0, 0.05) is 6.07 Å².